The van der Waals surface area contributed by atoms with Gasteiger partial charge in [-0.2, -0.15) is 0 Å². The van der Waals surface area contributed by atoms with Crippen molar-refractivity contribution < 1.29 is 19.1 Å². The van der Waals surface area contributed by atoms with Crippen molar-refractivity contribution in [2.24, 2.45) is 11.8 Å². The van der Waals surface area contributed by atoms with Crippen LogP contribution < -0.4 is 9.64 Å². The highest BCUT2D eigenvalue weighted by Gasteiger charge is 2.64. The molecule has 0 aliphatic carbocycles. The van der Waals surface area contributed by atoms with Gasteiger partial charge in [0.2, 0.25) is 11.8 Å². The lowest BCUT2D eigenvalue weighted by Crippen LogP contribution is -2.44. The zero-order valence-corrected chi connectivity index (χ0v) is 21.3. The standard InChI is InChI=1S/C29H23BrN2O4/c1-16-7-10-19(11-8-16)32-28(34)23-24(29(32)35)26(27(33)18-9-12-22(36-2)21(30)15-18)31-14-13-17-5-3-4-6-20(17)25(23)31/h3-15,23-26H,1-2H3/t23-,24-,25+,26+/m1/s1. The third-order valence-corrected chi connectivity index (χ3v) is 8.08. The van der Waals surface area contributed by atoms with Crippen molar-refractivity contribution in [2.75, 3.05) is 12.0 Å². The number of ketones is 1. The van der Waals surface area contributed by atoms with Crippen molar-refractivity contribution in [2.45, 2.75) is 19.0 Å². The number of carbonyl (C=O) groups excluding carboxylic acids is 3. The van der Waals surface area contributed by atoms with Crippen LogP contribution >= 0.6 is 15.9 Å². The van der Waals surface area contributed by atoms with Crippen LogP contribution in [0, 0.1) is 18.8 Å². The number of halogens is 1. The van der Waals surface area contributed by atoms with Crippen molar-refractivity contribution in [3.63, 3.8) is 0 Å². The van der Waals surface area contributed by atoms with Gasteiger partial charge in [0.05, 0.1) is 35.1 Å². The Morgan fingerprint density at radius 1 is 0.944 bits per heavy atom. The molecule has 6 nitrogen and oxygen atoms in total. The summed E-state index contributed by atoms with van der Waals surface area (Å²) in [6.07, 6.45) is 3.81. The molecule has 0 N–H and O–H groups in total. The number of anilines is 1. The number of fused-ring (bicyclic) bond motifs is 5. The van der Waals surface area contributed by atoms with E-state index in [0.29, 0.717) is 21.5 Å². The minimum absolute atomic E-state index is 0.202. The SMILES string of the molecule is COc1ccc(C(=O)[C@@H]2[C@@H]3C(=O)N(c4ccc(C)cc4)C(=O)[C@H]3[C@@H]3c4ccccc4C=CN23)cc1Br. The summed E-state index contributed by atoms with van der Waals surface area (Å²) in [7, 11) is 1.56. The van der Waals surface area contributed by atoms with E-state index in [9.17, 15) is 14.4 Å². The smallest absolute Gasteiger partial charge is 0.240 e. The molecule has 36 heavy (non-hydrogen) atoms. The number of hydrogen-bond acceptors (Lipinski definition) is 5. The molecule has 4 atom stereocenters. The van der Waals surface area contributed by atoms with Crippen LogP contribution in [0.25, 0.3) is 6.08 Å². The molecule has 180 valence electrons. The molecule has 0 spiro atoms. The molecule has 3 heterocycles. The highest BCUT2D eigenvalue weighted by Crippen LogP contribution is 2.53. The van der Waals surface area contributed by atoms with Gasteiger partial charge in [-0.3, -0.25) is 14.4 Å². The van der Waals surface area contributed by atoms with Gasteiger partial charge >= 0.3 is 0 Å². The van der Waals surface area contributed by atoms with Crippen LogP contribution in [0.15, 0.2) is 77.4 Å². The average molecular weight is 543 g/mol. The number of amides is 2. The first-order chi connectivity index (χ1) is 17.4. The number of Topliss-reactive ketones (excluding diaryl/α,β-unsaturated/α-hetero) is 1. The maximum atomic E-state index is 14.0. The number of methoxy groups -OCH3 is 1. The van der Waals surface area contributed by atoms with Gasteiger partial charge in [0, 0.05) is 11.8 Å². The largest absolute Gasteiger partial charge is 0.496 e. The van der Waals surface area contributed by atoms with Crippen molar-refractivity contribution >= 4 is 45.3 Å². The van der Waals surface area contributed by atoms with Crippen LogP contribution in [0.5, 0.6) is 5.75 Å². The van der Waals surface area contributed by atoms with Crippen LogP contribution in [0.2, 0.25) is 0 Å². The van der Waals surface area contributed by atoms with E-state index in [-0.39, 0.29) is 17.6 Å². The Kier molecular flexibility index (Phi) is 5.34. The number of nitrogens with zero attached hydrogens (tertiary/aromatic N) is 2. The maximum absolute atomic E-state index is 14.0. The molecular formula is C29H23BrN2O4. The van der Waals surface area contributed by atoms with Crippen LogP contribution in [-0.4, -0.2) is 35.6 Å². The van der Waals surface area contributed by atoms with Gasteiger partial charge in [0.25, 0.3) is 0 Å². The van der Waals surface area contributed by atoms with E-state index in [0.717, 1.165) is 16.7 Å². The van der Waals surface area contributed by atoms with Gasteiger partial charge in [-0.1, -0.05) is 42.0 Å². The summed E-state index contributed by atoms with van der Waals surface area (Å²) >= 11 is 3.46. The summed E-state index contributed by atoms with van der Waals surface area (Å²) in [5.74, 6) is -1.65. The Balaban J connectivity index is 1.48. The summed E-state index contributed by atoms with van der Waals surface area (Å²) in [4.78, 5) is 45.1. The van der Waals surface area contributed by atoms with E-state index in [2.05, 4.69) is 15.9 Å². The van der Waals surface area contributed by atoms with Gasteiger partial charge in [-0.15, -0.1) is 0 Å². The summed E-state index contributed by atoms with van der Waals surface area (Å²) in [6.45, 7) is 1.96. The van der Waals surface area contributed by atoms with Crippen molar-refractivity contribution in [1.29, 1.82) is 0 Å². The molecule has 3 aliphatic rings. The molecule has 2 saturated heterocycles. The van der Waals surface area contributed by atoms with Crippen molar-refractivity contribution in [1.82, 2.24) is 4.90 Å². The lowest BCUT2D eigenvalue weighted by Gasteiger charge is -2.35. The average Bonchev–Trinajstić information content (AvgIpc) is 3.36. The second-order valence-corrected chi connectivity index (χ2v) is 10.2. The lowest BCUT2D eigenvalue weighted by molar-refractivity contribution is -0.123. The molecule has 0 aromatic heterocycles. The third-order valence-electron chi connectivity index (χ3n) is 7.46. The quantitative estimate of drug-likeness (QED) is 0.336. The number of imide groups is 1. The molecule has 3 aromatic rings. The van der Waals surface area contributed by atoms with E-state index < -0.39 is 23.9 Å². The first-order valence-corrected chi connectivity index (χ1v) is 12.6. The number of rotatable bonds is 4. The molecule has 3 aliphatic heterocycles. The van der Waals surface area contributed by atoms with Crippen molar-refractivity contribution in [3.05, 3.63) is 99.7 Å². The van der Waals surface area contributed by atoms with E-state index in [4.69, 9.17) is 4.74 Å². The molecule has 2 amide bonds. The van der Waals surface area contributed by atoms with E-state index >= 15 is 0 Å². The molecule has 0 radical (unpaired) electrons. The Bertz CT molecular complexity index is 1450. The second-order valence-electron chi connectivity index (χ2n) is 9.39. The maximum Gasteiger partial charge on any atom is 0.240 e. The summed E-state index contributed by atoms with van der Waals surface area (Å²) in [5, 5.41) is 0. The molecule has 3 aromatic carbocycles. The summed E-state index contributed by atoms with van der Waals surface area (Å²) < 4.78 is 5.97. The highest BCUT2D eigenvalue weighted by atomic mass is 79.9. The first kappa shape index (κ1) is 22.7. The highest BCUT2D eigenvalue weighted by molar-refractivity contribution is 9.10. The third kappa shape index (κ3) is 3.26. The van der Waals surface area contributed by atoms with Gasteiger partial charge in [0.1, 0.15) is 11.8 Å². The van der Waals surface area contributed by atoms with Crippen LogP contribution in [0.1, 0.15) is 33.1 Å². The second kappa shape index (κ2) is 8.45. The lowest BCUT2D eigenvalue weighted by atomic mass is 9.83. The number of hydrogen-bond donors (Lipinski definition) is 0. The molecule has 0 bridgehead atoms. The topological polar surface area (TPSA) is 66.9 Å². The Morgan fingerprint density at radius 2 is 1.67 bits per heavy atom. The fourth-order valence-corrected chi connectivity index (χ4v) is 6.34. The number of benzene rings is 3. The minimum atomic E-state index is -0.809. The van der Waals surface area contributed by atoms with E-state index in [1.54, 1.807) is 37.4 Å². The first-order valence-electron chi connectivity index (χ1n) is 11.8. The molecular weight excluding hydrogens is 520 g/mol. The van der Waals surface area contributed by atoms with Gasteiger partial charge < -0.3 is 9.64 Å². The number of carbonyl (C=O) groups is 3. The van der Waals surface area contributed by atoms with Crippen LogP contribution in [0.3, 0.4) is 0 Å². The monoisotopic (exact) mass is 542 g/mol. The molecule has 7 heteroatoms. The number of aryl methyl sites for hydroxylation is 1. The minimum Gasteiger partial charge on any atom is -0.496 e. The fourth-order valence-electron chi connectivity index (χ4n) is 5.80. The van der Waals surface area contributed by atoms with Gasteiger partial charge in [-0.05, 0) is 70.4 Å². The van der Waals surface area contributed by atoms with Crippen molar-refractivity contribution in [3.8, 4) is 5.75 Å². The molecule has 0 unspecified atom stereocenters. The molecule has 6 rings (SSSR count). The normalized spacial score (nSPS) is 24.0. The number of ether oxygens (including phenoxy) is 1. The Morgan fingerprint density at radius 3 is 2.39 bits per heavy atom. The predicted octanol–water partition coefficient (Wildman–Crippen LogP) is 5.16. The van der Waals surface area contributed by atoms with Gasteiger partial charge in [0.15, 0.2) is 5.78 Å². The zero-order valence-electron chi connectivity index (χ0n) is 19.7. The summed E-state index contributed by atoms with van der Waals surface area (Å²) in [6, 6.07) is 19.1. The van der Waals surface area contributed by atoms with E-state index in [1.165, 1.54) is 4.90 Å². The van der Waals surface area contributed by atoms with Crippen LogP contribution in [-0.2, 0) is 9.59 Å². The van der Waals surface area contributed by atoms with Gasteiger partial charge in [-0.25, -0.2) is 4.90 Å². The van der Waals surface area contributed by atoms with E-state index in [1.807, 2.05) is 60.5 Å². The fraction of sp³-hybridized carbons (Fsp3) is 0.207. The predicted molar refractivity (Wildman–Crippen MR) is 140 cm³/mol. The summed E-state index contributed by atoms with van der Waals surface area (Å²) in [5.41, 5.74) is 3.97. The Hall–Kier alpha value is -3.71. The zero-order chi connectivity index (χ0) is 25.1. The molecule has 2 fully saturated rings. The van der Waals surface area contributed by atoms with Crippen LogP contribution in [0.4, 0.5) is 5.69 Å². The Labute approximate surface area is 217 Å². The molecule has 0 saturated carbocycles.